The van der Waals surface area contributed by atoms with E-state index in [9.17, 15) is 4.79 Å². The van der Waals surface area contributed by atoms with E-state index < -0.39 is 0 Å². The predicted molar refractivity (Wildman–Crippen MR) is 105 cm³/mol. The fraction of sp³-hybridized carbons (Fsp3) is 0.381. The fourth-order valence-electron chi connectivity index (χ4n) is 2.88. The minimum absolute atomic E-state index is 0.0613. The lowest BCUT2D eigenvalue weighted by atomic mass is 10.2. The predicted octanol–water partition coefficient (Wildman–Crippen LogP) is 4.07. The van der Waals surface area contributed by atoms with E-state index in [1.54, 1.807) is 11.8 Å². The molecule has 4 nitrogen and oxygen atoms in total. The maximum Gasteiger partial charge on any atom is 0.252 e. The zero-order valence-corrected chi connectivity index (χ0v) is 15.9. The Labute approximate surface area is 159 Å². The van der Waals surface area contributed by atoms with E-state index in [-0.39, 0.29) is 5.91 Å². The molecule has 0 aliphatic carbocycles. The van der Waals surface area contributed by atoms with Crippen LogP contribution in [0.25, 0.3) is 0 Å². The van der Waals surface area contributed by atoms with E-state index >= 15 is 0 Å². The van der Waals surface area contributed by atoms with Crippen molar-refractivity contribution in [1.82, 2.24) is 5.32 Å². The van der Waals surface area contributed by atoms with Crippen LogP contribution in [0.1, 0.15) is 28.8 Å². The van der Waals surface area contributed by atoms with Crippen LogP contribution < -0.4 is 10.1 Å². The molecule has 1 atom stereocenters. The molecule has 0 saturated carbocycles. The number of carbonyl (C=O) groups is 1. The molecular weight excluding hydrogens is 346 g/mol. The standard InChI is InChI=1S/C21H25NO3S/c1-16-7-2-4-10-19(16)25-14-12-22-21(23)18-9-3-5-11-20(18)26-15-17-8-6-13-24-17/h2-5,7,9-11,17H,6,8,12-15H2,1H3,(H,22,23). The highest BCUT2D eigenvalue weighted by Crippen LogP contribution is 2.26. The zero-order chi connectivity index (χ0) is 18.2. The normalized spacial score (nSPS) is 16.4. The van der Waals surface area contributed by atoms with Crippen LogP contribution in [0.15, 0.2) is 53.4 Å². The summed E-state index contributed by atoms with van der Waals surface area (Å²) in [4.78, 5) is 13.5. The molecule has 1 fully saturated rings. The molecule has 2 aromatic rings. The Kier molecular flexibility index (Phi) is 6.97. The summed E-state index contributed by atoms with van der Waals surface area (Å²) in [5, 5.41) is 2.95. The molecule has 1 saturated heterocycles. The first-order valence-corrected chi connectivity index (χ1v) is 10.0. The minimum Gasteiger partial charge on any atom is -0.491 e. The van der Waals surface area contributed by atoms with Gasteiger partial charge in [-0.15, -0.1) is 11.8 Å². The number of benzene rings is 2. The van der Waals surface area contributed by atoms with Gasteiger partial charge < -0.3 is 14.8 Å². The first-order chi connectivity index (χ1) is 12.7. The maximum absolute atomic E-state index is 12.5. The fourth-order valence-corrected chi connectivity index (χ4v) is 4.00. The lowest BCUT2D eigenvalue weighted by Crippen LogP contribution is -2.28. The molecule has 1 amide bonds. The number of hydrogen-bond acceptors (Lipinski definition) is 4. The van der Waals surface area contributed by atoms with Crippen molar-refractivity contribution in [2.45, 2.75) is 30.8 Å². The molecule has 5 heteroatoms. The molecule has 2 aromatic carbocycles. The number of carbonyl (C=O) groups excluding carboxylic acids is 1. The van der Waals surface area contributed by atoms with Gasteiger partial charge in [0.1, 0.15) is 12.4 Å². The lowest BCUT2D eigenvalue weighted by Gasteiger charge is -2.13. The molecule has 1 aliphatic rings. The molecule has 1 heterocycles. The van der Waals surface area contributed by atoms with Crippen molar-refractivity contribution in [3.63, 3.8) is 0 Å². The van der Waals surface area contributed by atoms with Crippen LogP contribution in [0.2, 0.25) is 0 Å². The van der Waals surface area contributed by atoms with Gasteiger partial charge in [0.15, 0.2) is 0 Å². The summed E-state index contributed by atoms with van der Waals surface area (Å²) in [7, 11) is 0. The number of ether oxygens (including phenoxy) is 2. The highest BCUT2D eigenvalue weighted by Gasteiger charge is 2.17. The molecule has 1 aliphatic heterocycles. The second-order valence-corrected chi connectivity index (χ2v) is 7.37. The van der Waals surface area contributed by atoms with Crippen molar-refractivity contribution < 1.29 is 14.3 Å². The Hall–Kier alpha value is -1.98. The molecule has 26 heavy (non-hydrogen) atoms. The van der Waals surface area contributed by atoms with Crippen molar-refractivity contribution in [1.29, 1.82) is 0 Å². The van der Waals surface area contributed by atoms with E-state index in [4.69, 9.17) is 9.47 Å². The SMILES string of the molecule is Cc1ccccc1OCCNC(=O)c1ccccc1SCC1CCCO1. The quantitative estimate of drug-likeness (QED) is 0.561. The highest BCUT2D eigenvalue weighted by molar-refractivity contribution is 7.99. The third kappa shape index (κ3) is 5.26. The number of hydrogen-bond donors (Lipinski definition) is 1. The van der Waals surface area contributed by atoms with Crippen LogP contribution in [-0.4, -0.2) is 37.5 Å². The van der Waals surface area contributed by atoms with Crippen LogP contribution in [-0.2, 0) is 4.74 Å². The van der Waals surface area contributed by atoms with Gasteiger partial charge in [0.25, 0.3) is 5.91 Å². The smallest absolute Gasteiger partial charge is 0.252 e. The third-order valence-electron chi connectivity index (χ3n) is 4.32. The van der Waals surface area contributed by atoms with Crippen molar-refractivity contribution in [2.24, 2.45) is 0 Å². The number of nitrogens with one attached hydrogen (secondary N) is 1. The zero-order valence-electron chi connectivity index (χ0n) is 15.1. The van der Waals surface area contributed by atoms with Crippen LogP contribution in [0.5, 0.6) is 5.75 Å². The first-order valence-electron chi connectivity index (χ1n) is 9.04. The average molecular weight is 372 g/mol. The molecule has 3 rings (SSSR count). The molecule has 0 aromatic heterocycles. The van der Waals surface area contributed by atoms with Crippen molar-refractivity contribution >= 4 is 17.7 Å². The monoisotopic (exact) mass is 371 g/mol. The Morgan fingerprint density at radius 2 is 2.04 bits per heavy atom. The van der Waals surface area contributed by atoms with Crippen molar-refractivity contribution in [3.05, 3.63) is 59.7 Å². The number of para-hydroxylation sites is 1. The van der Waals surface area contributed by atoms with Crippen molar-refractivity contribution in [3.8, 4) is 5.75 Å². The summed E-state index contributed by atoms with van der Waals surface area (Å²) < 4.78 is 11.4. The molecule has 0 spiro atoms. The Morgan fingerprint density at radius 1 is 1.23 bits per heavy atom. The van der Waals surface area contributed by atoms with Crippen LogP contribution in [0, 0.1) is 6.92 Å². The maximum atomic E-state index is 12.5. The number of thioether (sulfide) groups is 1. The number of amides is 1. The van der Waals surface area contributed by atoms with Gasteiger partial charge in [-0.3, -0.25) is 4.79 Å². The second kappa shape index (κ2) is 9.64. The minimum atomic E-state index is -0.0613. The summed E-state index contributed by atoms with van der Waals surface area (Å²) >= 11 is 1.69. The molecule has 1 unspecified atom stereocenters. The van der Waals surface area contributed by atoms with Crippen LogP contribution >= 0.6 is 11.8 Å². The molecule has 1 N–H and O–H groups in total. The topological polar surface area (TPSA) is 47.6 Å². The lowest BCUT2D eigenvalue weighted by molar-refractivity contribution is 0.0944. The van der Waals surface area contributed by atoms with Gasteiger partial charge >= 0.3 is 0 Å². The van der Waals surface area contributed by atoms with Gasteiger partial charge in [0.2, 0.25) is 0 Å². The molecule has 0 radical (unpaired) electrons. The van der Waals surface area contributed by atoms with E-state index in [1.165, 1.54) is 0 Å². The Balaban J connectivity index is 1.48. The molecular formula is C21H25NO3S. The second-order valence-electron chi connectivity index (χ2n) is 6.31. The molecule has 0 bridgehead atoms. The van der Waals surface area contributed by atoms with E-state index in [1.807, 2.05) is 55.5 Å². The molecule has 138 valence electrons. The van der Waals surface area contributed by atoms with E-state index in [0.29, 0.717) is 24.8 Å². The average Bonchev–Trinajstić information content (AvgIpc) is 3.18. The summed E-state index contributed by atoms with van der Waals surface area (Å²) in [6.07, 6.45) is 2.55. The van der Waals surface area contributed by atoms with Gasteiger partial charge in [0.05, 0.1) is 18.2 Å². The van der Waals surface area contributed by atoms with Crippen molar-refractivity contribution in [2.75, 3.05) is 25.5 Å². The summed E-state index contributed by atoms with van der Waals surface area (Å²) in [6, 6.07) is 15.6. The summed E-state index contributed by atoms with van der Waals surface area (Å²) in [5.41, 5.74) is 1.81. The third-order valence-corrected chi connectivity index (χ3v) is 5.52. The Bertz CT molecular complexity index is 729. The van der Waals surface area contributed by atoms with E-state index in [0.717, 1.165) is 41.4 Å². The van der Waals surface area contributed by atoms with Crippen LogP contribution in [0.4, 0.5) is 0 Å². The van der Waals surface area contributed by atoms with Gasteiger partial charge in [0, 0.05) is 17.3 Å². The first kappa shape index (κ1) is 18.8. The Morgan fingerprint density at radius 3 is 2.85 bits per heavy atom. The van der Waals surface area contributed by atoms with Gasteiger partial charge in [-0.25, -0.2) is 0 Å². The number of aryl methyl sites for hydroxylation is 1. The van der Waals surface area contributed by atoms with E-state index in [2.05, 4.69) is 5.32 Å². The summed E-state index contributed by atoms with van der Waals surface area (Å²) in [5.74, 6) is 1.68. The van der Waals surface area contributed by atoms with Gasteiger partial charge in [-0.2, -0.15) is 0 Å². The highest BCUT2D eigenvalue weighted by atomic mass is 32.2. The van der Waals surface area contributed by atoms with Gasteiger partial charge in [-0.1, -0.05) is 30.3 Å². The summed E-state index contributed by atoms with van der Waals surface area (Å²) in [6.45, 7) is 3.78. The largest absolute Gasteiger partial charge is 0.491 e. The number of rotatable bonds is 8. The van der Waals surface area contributed by atoms with Crippen LogP contribution in [0.3, 0.4) is 0 Å². The van der Waals surface area contributed by atoms with Gasteiger partial charge in [-0.05, 0) is 43.5 Å².